The van der Waals surface area contributed by atoms with E-state index in [0.29, 0.717) is 5.41 Å². The Labute approximate surface area is 64.2 Å². The minimum absolute atomic E-state index is 0.581. The van der Waals surface area contributed by atoms with Crippen LogP contribution < -0.4 is 5.32 Å². The lowest BCUT2D eigenvalue weighted by Crippen LogP contribution is -2.24. The highest BCUT2D eigenvalue weighted by Crippen LogP contribution is 2.28. The number of rotatable bonds is 0. The summed E-state index contributed by atoms with van der Waals surface area (Å²) in [6.45, 7) is 8.22. The van der Waals surface area contributed by atoms with E-state index < -0.39 is 0 Å². The molecule has 1 aliphatic heterocycles. The average molecular weight is 141 g/mol. The summed E-state index contributed by atoms with van der Waals surface area (Å²) in [4.78, 5) is 0. The minimum Gasteiger partial charge on any atom is -0.314 e. The molecule has 0 aliphatic carbocycles. The normalized spacial score (nSPS) is 33.3. The third kappa shape index (κ3) is 2.30. The van der Waals surface area contributed by atoms with Gasteiger partial charge in [-0.1, -0.05) is 13.8 Å². The molecule has 1 atom stereocenters. The van der Waals surface area contributed by atoms with E-state index in [1.54, 1.807) is 0 Å². The molecule has 1 unspecified atom stereocenters. The van der Waals surface area contributed by atoms with Crippen molar-refractivity contribution in [1.29, 1.82) is 0 Å². The molecule has 0 radical (unpaired) electrons. The summed E-state index contributed by atoms with van der Waals surface area (Å²) < 4.78 is 0. The average Bonchev–Trinajstić information content (AvgIpc) is 1.94. The van der Waals surface area contributed by atoms with Crippen LogP contribution in [0.2, 0.25) is 0 Å². The van der Waals surface area contributed by atoms with Crippen molar-refractivity contribution in [3.63, 3.8) is 0 Å². The maximum Gasteiger partial charge on any atom is 0.00389 e. The van der Waals surface area contributed by atoms with Crippen molar-refractivity contribution < 1.29 is 0 Å². The Morgan fingerprint density at radius 2 is 2.00 bits per heavy atom. The van der Waals surface area contributed by atoms with Crippen LogP contribution in [-0.4, -0.2) is 12.6 Å². The molecule has 10 heavy (non-hydrogen) atoms. The molecule has 1 fully saturated rings. The van der Waals surface area contributed by atoms with E-state index >= 15 is 0 Å². The Morgan fingerprint density at radius 1 is 1.30 bits per heavy atom. The zero-order valence-electron chi connectivity index (χ0n) is 7.41. The molecule has 0 spiro atoms. The summed E-state index contributed by atoms with van der Waals surface area (Å²) in [6, 6.07) is 0.738. The summed E-state index contributed by atoms with van der Waals surface area (Å²) in [5, 5.41) is 3.50. The first-order valence-corrected chi connectivity index (χ1v) is 4.33. The number of hydrogen-bond acceptors (Lipinski definition) is 1. The summed E-state index contributed by atoms with van der Waals surface area (Å²) in [5.74, 6) is 0. The first-order chi connectivity index (χ1) is 4.60. The maximum absolute atomic E-state index is 3.50. The van der Waals surface area contributed by atoms with Crippen molar-refractivity contribution >= 4 is 0 Å². The Bertz CT molecular complexity index is 107. The predicted molar refractivity (Wildman–Crippen MR) is 45.1 cm³/mol. The molecule has 0 amide bonds. The summed E-state index contributed by atoms with van der Waals surface area (Å²) in [6.07, 6.45) is 4.05. The minimum atomic E-state index is 0.581. The van der Waals surface area contributed by atoms with Gasteiger partial charge in [-0.25, -0.2) is 0 Å². The van der Waals surface area contributed by atoms with Crippen LogP contribution >= 0.6 is 0 Å². The third-order valence-corrected chi connectivity index (χ3v) is 2.55. The van der Waals surface area contributed by atoms with Crippen molar-refractivity contribution in [2.45, 2.75) is 46.1 Å². The topological polar surface area (TPSA) is 12.0 Å². The molecule has 1 heterocycles. The predicted octanol–water partition coefficient (Wildman–Crippen LogP) is 2.17. The fourth-order valence-corrected chi connectivity index (χ4v) is 1.49. The van der Waals surface area contributed by atoms with Gasteiger partial charge in [0.1, 0.15) is 0 Å². The second-order valence-electron chi connectivity index (χ2n) is 4.31. The van der Waals surface area contributed by atoms with Gasteiger partial charge in [0, 0.05) is 6.04 Å². The molecule has 1 nitrogen and oxygen atoms in total. The monoisotopic (exact) mass is 141 g/mol. The standard InChI is InChI=1S/C9H19N/c1-8-4-5-9(2,3)6-7-10-8/h8,10H,4-7H2,1-3H3. The Morgan fingerprint density at radius 3 is 2.70 bits per heavy atom. The molecule has 0 aromatic heterocycles. The highest BCUT2D eigenvalue weighted by Gasteiger charge is 2.21. The van der Waals surface area contributed by atoms with Gasteiger partial charge in [0.05, 0.1) is 0 Å². The molecule has 1 saturated heterocycles. The molecule has 1 rings (SSSR count). The summed E-state index contributed by atoms with van der Waals surface area (Å²) in [5.41, 5.74) is 0.581. The molecule has 1 aliphatic rings. The maximum atomic E-state index is 3.50. The molecule has 0 saturated carbocycles. The molecule has 0 aromatic carbocycles. The molecule has 1 heteroatoms. The van der Waals surface area contributed by atoms with E-state index in [0.717, 1.165) is 6.04 Å². The van der Waals surface area contributed by atoms with Gasteiger partial charge in [0.25, 0.3) is 0 Å². The van der Waals surface area contributed by atoms with Gasteiger partial charge in [0.2, 0.25) is 0 Å². The first-order valence-electron chi connectivity index (χ1n) is 4.33. The Hall–Kier alpha value is -0.0400. The second-order valence-corrected chi connectivity index (χ2v) is 4.31. The third-order valence-electron chi connectivity index (χ3n) is 2.55. The largest absolute Gasteiger partial charge is 0.314 e. The van der Waals surface area contributed by atoms with E-state index in [9.17, 15) is 0 Å². The molecule has 1 N–H and O–H groups in total. The highest BCUT2D eigenvalue weighted by molar-refractivity contribution is 4.77. The van der Waals surface area contributed by atoms with Crippen molar-refractivity contribution in [1.82, 2.24) is 5.32 Å². The van der Waals surface area contributed by atoms with E-state index in [4.69, 9.17) is 0 Å². The molecule has 60 valence electrons. The number of nitrogens with one attached hydrogen (secondary N) is 1. The first kappa shape index (κ1) is 8.06. The smallest absolute Gasteiger partial charge is 0.00389 e. The summed E-state index contributed by atoms with van der Waals surface area (Å²) >= 11 is 0. The van der Waals surface area contributed by atoms with Crippen molar-refractivity contribution in [2.75, 3.05) is 6.54 Å². The van der Waals surface area contributed by atoms with Crippen LogP contribution in [0.4, 0.5) is 0 Å². The molecular weight excluding hydrogens is 122 g/mol. The molecule has 0 bridgehead atoms. The van der Waals surface area contributed by atoms with Crippen LogP contribution in [0.25, 0.3) is 0 Å². The van der Waals surface area contributed by atoms with Gasteiger partial charge in [-0.2, -0.15) is 0 Å². The molecule has 0 aromatic rings. The van der Waals surface area contributed by atoms with Gasteiger partial charge in [-0.05, 0) is 38.1 Å². The number of hydrogen-bond donors (Lipinski definition) is 1. The van der Waals surface area contributed by atoms with Gasteiger partial charge in [0.15, 0.2) is 0 Å². The van der Waals surface area contributed by atoms with Gasteiger partial charge in [-0.3, -0.25) is 0 Å². The SMILES string of the molecule is CC1CCC(C)(C)CCN1. The second kappa shape index (κ2) is 2.91. The lowest BCUT2D eigenvalue weighted by atomic mass is 9.85. The zero-order chi connectivity index (χ0) is 7.61. The summed E-state index contributed by atoms with van der Waals surface area (Å²) in [7, 11) is 0. The van der Waals surface area contributed by atoms with Crippen LogP contribution in [-0.2, 0) is 0 Å². The molecular formula is C9H19N. The lowest BCUT2D eigenvalue weighted by molar-refractivity contribution is 0.321. The lowest BCUT2D eigenvalue weighted by Gasteiger charge is -2.20. The van der Waals surface area contributed by atoms with E-state index in [-0.39, 0.29) is 0 Å². The van der Waals surface area contributed by atoms with Gasteiger partial charge in [-0.15, -0.1) is 0 Å². The fraction of sp³-hybridized carbons (Fsp3) is 1.00. The Kier molecular flexibility index (Phi) is 2.35. The van der Waals surface area contributed by atoms with Crippen LogP contribution in [0.1, 0.15) is 40.0 Å². The van der Waals surface area contributed by atoms with Crippen LogP contribution in [0.15, 0.2) is 0 Å². The van der Waals surface area contributed by atoms with Crippen molar-refractivity contribution in [3.05, 3.63) is 0 Å². The highest BCUT2D eigenvalue weighted by atomic mass is 14.9. The zero-order valence-corrected chi connectivity index (χ0v) is 7.41. The quantitative estimate of drug-likeness (QED) is 0.545. The van der Waals surface area contributed by atoms with Crippen LogP contribution in [0.3, 0.4) is 0 Å². The van der Waals surface area contributed by atoms with E-state index in [1.807, 2.05) is 0 Å². The van der Waals surface area contributed by atoms with Gasteiger partial charge < -0.3 is 5.32 Å². The van der Waals surface area contributed by atoms with Crippen molar-refractivity contribution in [2.24, 2.45) is 5.41 Å². The van der Waals surface area contributed by atoms with E-state index in [1.165, 1.54) is 25.8 Å². The van der Waals surface area contributed by atoms with Crippen LogP contribution in [0.5, 0.6) is 0 Å². The van der Waals surface area contributed by atoms with E-state index in [2.05, 4.69) is 26.1 Å². The fourth-order valence-electron chi connectivity index (χ4n) is 1.49. The van der Waals surface area contributed by atoms with Gasteiger partial charge >= 0.3 is 0 Å². The van der Waals surface area contributed by atoms with Crippen LogP contribution in [0, 0.1) is 5.41 Å². The Balaban J connectivity index is 2.41. The van der Waals surface area contributed by atoms with Crippen molar-refractivity contribution in [3.8, 4) is 0 Å².